The number of rotatable bonds is 5. The van der Waals surface area contributed by atoms with Gasteiger partial charge in [0.25, 0.3) is 5.91 Å². The molecule has 6 heteroatoms. The Bertz CT molecular complexity index is 479. The van der Waals surface area contributed by atoms with Crippen molar-refractivity contribution in [2.24, 2.45) is 5.92 Å². The third-order valence-corrected chi connectivity index (χ3v) is 4.51. The van der Waals surface area contributed by atoms with Crippen LogP contribution in [0.4, 0.5) is 0 Å². The Morgan fingerprint density at radius 3 is 3.00 bits per heavy atom. The summed E-state index contributed by atoms with van der Waals surface area (Å²) < 4.78 is 5.32. The zero-order chi connectivity index (χ0) is 14.5. The van der Waals surface area contributed by atoms with Crippen LogP contribution in [0.2, 0.25) is 0 Å². The van der Waals surface area contributed by atoms with E-state index < -0.39 is 12.0 Å². The third kappa shape index (κ3) is 3.37. The summed E-state index contributed by atoms with van der Waals surface area (Å²) >= 11 is 1.35. The van der Waals surface area contributed by atoms with E-state index in [0.717, 1.165) is 24.8 Å². The van der Waals surface area contributed by atoms with Crippen molar-refractivity contribution in [2.75, 3.05) is 13.2 Å². The smallest absolute Gasteiger partial charge is 0.326 e. The van der Waals surface area contributed by atoms with Gasteiger partial charge < -0.3 is 15.2 Å². The van der Waals surface area contributed by atoms with Gasteiger partial charge in [-0.15, -0.1) is 11.3 Å². The molecule has 1 aliphatic rings. The van der Waals surface area contributed by atoms with E-state index in [4.69, 9.17) is 4.74 Å². The molecule has 1 aromatic heterocycles. The maximum absolute atomic E-state index is 12.2. The number of carbonyl (C=O) groups is 2. The van der Waals surface area contributed by atoms with Crippen molar-refractivity contribution in [3.63, 3.8) is 0 Å². The Hall–Kier alpha value is -1.40. The molecular formula is C14H19NO4S. The van der Waals surface area contributed by atoms with Crippen molar-refractivity contribution < 1.29 is 19.4 Å². The van der Waals surface area contributed by atoms with Crippen molar-refractivity contribution in [3.05, 3.63) is 21.9 Å². The first-order valence-electron chi connectivity index (χ1n) is 6.81. The van der Waals surface area contributed by atoms with Gasteiger partial charge in [-0.1, -0.05) is 6.92 Å². The fraction of sp³-hybridized carbons (Fsp3) is 0.571. The number of nitrogens with one attached hydrogen (secondary N) is 1. The first-order chi connectivity index (χ1) is 9.63. The van der Waals surface area contributed by atoms with Gasteiger partial charge in [-0.2, -0.15) is 0 Å². The normalized spacial score (nSPS) is 20.4. The Balaban J connectivity index is 2.08. The second-order valence-corrected chi connectivity index (χ2v) is 5.81. The van der Waals surface area contributed by atoms with E-state index in [0.29, 0.717) is 18.1 Å². The van der Waals surface area contributed by atoms with Crippen molar-refractivity contribution in [1.29, 1.82) is 0 Å². The zero-order valence-electron chi connectivity index (χ0n) is 11.4. The quantitative estimate of drug-likeness (QED) is 0.870. The number of aliphatic carboxylic acids is 1. The van der Waals surface area contributed by atoms with Crippen LogP contribution in [0, 0.1) is 5.92 Å². The molecular weight excluding hydrogens is 278 g/mol. The Morgan fingerprint density at radius 1 is 1.60 bits per heavy atom. The number of ether oxygens (including phenoxy) is 1. The lowest BCUT2D eigenvalue weighted by Gasteiger charge is -2.28. The van der Waals surface area contributed by atoms with Crippen LogP contribution in [0.3, 0.4) is 0 Å². The van der Waals surface area contributed by atoms with E-state index in [1.807, 2.05) is 18.4 Å². The van der Waals surface area contributed by atoms with Crippen molar-refractivity contribution in [2.45, 2.75) is 32.2 Å². The lowest BCUT2D eigenvalue weighted by atomic mass is 9.93. The van der Waals surface area contributed by atoms with Gasteiger partial charge in [0.15, 0.2) is 0 Å². The molecule has 2 N–H and O–H groups in total. The van der Waals surface area contributed by atoms with Gasteiger partial charge in [0.2, 0.25) is 0 Å². The number of carboxylic acid groups (broad SMARTS) is 1. The highest BCUT2D eigenvalue weighted by atomic mass is 32.1. The number of aryl methyl sites for hydroxylation is 1. The Labute approximate surface area is 121 Å². The maximum atomic E-state index is 12.2. The number of carboxylic acids is 1. The van der Waals surface area contributed by atoms with Gasteiger partial charge in [0.05, 0.1) is 11.5 Å². The van der Waals surface area contributed by atoms with E-state index in [-0.39, 0.29) is 11.8 Å². The second kappa shape index (κ2) is 6.85. The lowest BCUT2D eigenvalue weighted by Crippen LogP contribution is -2.48. The average Bonchev–Trinajstić information content (AvgIpc) is 2.93. The van der Waals surface area contributed by atoms with Gasteiger partial charge in [0.1, 0.15) is 6.04 Å². The van der Waals surface area contributed by atoms with Crippen LogP contribution in [0.15, 0.2) is 11.4 Å². The third-order valence-electron chi connectivity index (χ3n) is 3.55. The molecule has 1 aromatic rings. The minimum Gasteiger partial charge on any atom is -0.480 e. The molecule has 0 aliphatic carbocycles. The summed E-state index contributed by atoms with van der Waals surface area (Å²) in [5.41, 5.74) is 0.955. The number of amides is 1. The minimum atomic E-state index is -0.997. The molecule has 1 saturated heterocycles. The van der Waals surface area contributed by atoms with E-state index in [1.54, 1.807) is 0 Å². The zero-order valence-corrected chi connectivity index (χ0v) is 12.2. The summed E-state index contributed by atoms with van der Waals surface area (Å²) in [6.07, 6.45) is 2.36. The number of thiophene rings is 1. The molecule has 110 valence electrons. The molecule has 2 unspecified atom stereocenters. The summed E-state index contributed by atoms with van der Waals surface area (Å²) in [6.45, 7) is 3.03. The number of hydrogen-bond donors (Lipinski definition) is 2. The highest BCUT2D eigenvalue weighted by molar-refractivity contribution is 7.12. The highest BCUT2D eigenvalue weighted by Crippen LogP contribution is 2.21. The van der Waals surface area contributed by atoms with Crippen LogP contribution in [0.5, 0.6) is 0 Å². The van der Waals surface area contributed by atoms with Gasteiger partial charge in [-0.25, -0.2) is 4.79 Å². The molecule has 5 nitrogen and oxygen atoms in total. The molecule has 20 heavy (non-hydrogen) atoms. The summed E-state index contributed by atoms with van der Waals surface area (Å²) in [7, 11) is 0. The molecule has 1 amide bonds. The molecule has 1 fully saturated rings. The van der Waals surface area contributed by atoms with Crippen LogP contribution in [0.1, 0.15) is 35.0 Å². The average molecular weight is 297 g/mol. The number of hydrogen-bond acceptors (Lipinski definition) is 4. The molecule has 1 aliphatic heterocycles. The number of carbonyl (C=O) groups excluding carboxylic acids is 1. The molecule has 2 heterocycles. The fourth-order valence-corrected chi connectivity index (χ4v) is 3.33. The van der Waals surface area contributed by atoms with Crippen molar-refractivity contribution in [1.82, 2.24) is 5.32 Å². The first kappa shape index (κ1) is 15.0. The standard InChI is InChI=1S/C14H19NO4S/c1-2-9-5-7-20-12(9)13(16)15-11(14(17)18)10-4-3-6-19-8-10/h5,7,10-11H,2-4,6,8H2,1H3,(H,15,16)(H,17,18). The van der Waals surface area contributed by atoms with E-state index in [9.17, 15) is 14.7 Å². The van der Waals surface area contributed by atoms with Gasteiger partial charge >= 0.3 is 5.97 Å². The summed E-state index contributed by atoms with van der Waals surface area (Å²) in [5, 5.41) is 13.8. The van der Waals surface area contributed by atoms with Crippen LogP contribution in [-0.2, 0) is 16.0 Å². The maximum Gasteiger partial charge on any atom is 0.326 e. The van der Waals surface area contributed by atoms with Gasteiger partial charge in [-0.3, -0.25) is 4.79 Å². The highest BCUT2D eigenvalue weighted by Gasteiger charge is 2.32. The van der Waals surface area contributed by atoms with Crippen molar-refractivity contribution >= 4 is 23.2 Å². The molecule has 0 spiro atoms. The van der Waals surface area contributed by atoms with E-state index in [1.165, 1.54) is 11.3 Å². The summed E-state index contributed by atoms with van der Waals surface area (Å²) in [5.74, 6) is -1.45. The Morgan fingerprint density at radius 2 is 2.40 bits per heavy atom. The first-order valence-corrected chi connectivity index (χ1v) is 7.69. The van der Waals surface area contributed by atoms with Gasteiger partial charge in [0, 0.05) is 12.5 Å². The second-order valence-electron chi connectivity index (χ2n) is 4.90. The van der Waals surface area contributed by atoms with Crippen molar-refractivity contribution in [3.8, 4) is 0 Å². The van der Waals surface area contributed by atoms with Crippen LogP contribution >= 0.6 is 11.3 Å². The Kier molecular flexibility index (Phi) is 5.14. The topological polar surface area (TPSA) is 75.6 Å². The molecule has 0 saturated carbocycles. The molecule has 0 radical (unpaired) electrons. The monoisotopic (exact) mass is 297 g/mol. The summed E-state index contributed by atoms with van der Waals surface area (Å²) in [6, 6.07) is 1.02. The summed E-state index contributed by atoms with van der Waals surface area (Å²) in [4.78, 5) is 24.2. The van der Waals surface area contributed by atoms with Crippen LogP contribution in [-0.4, -0.2) is 36.2 Å². The molecule has 0 bridgehead atoms. The predicted molar refractivity (Wildman–Crippen MR) is 76.1 cm³/mol. The van der Waals surface area contributed by atoms with Crippen LogP contribution in [0.25, 0.3) is 0 Å². The van der Waals surface area contributed by atoms with E-state index in [2.05, 4.69) is 5.32 Å². The fourth-order valence-electron chi connectivity index (χ4n) is 2.43. The predicted octanol–water partition coefficient (Wildman–Crippen LogP) is 1.92. The van der Waals surface area contributed by atoms with Gasteiger partial charge in [-0.05, 0) is 36.3 Å². The largest absolute Gasteiger partial charge is 0.480 e. The SMILES string of the molecule is CCc1ccsc1C(=O)NC(C(=O)O)C1CCCOC1. The van der Waals surface area contributed by atoms with E-state index >= 15 is 0 Å². The molecule has 2 atom stereocenters. The lowest BCUT2D eigenvalue weighted by molar-refractivity contribution is -0.142. The minimum absolute atomic E-state index is 0.157. The molecule has 2 rings (SSSR count). The van der Waals surface area contributed by atoms with Crippen LogP contribution < -0.4 is 5.32 Å². The molecule has 0 aromatic carbocycles.